The third-order valence-corrected chi connectivity index (χ3v) is 2.00. The van der Waals surface area contributed by atoms with E-state index in [1.165, 1.54) is 0 Å². The fourth-order valence-corrected chi connectivity index (χ4v) is 1.22. The first kappa shape index (κ1) is 12.1. The Labute approximate surface area is 90.4 Å². The molecule has 86 valence electrons. The van der Waals surface area contributed by atoms with E-state index in [-0.39, 0.29) is 5.54 Å². The van der Waals surface area contributed by atoms with Crippen LogP contribution in [0.2, 0.25) is 0 Å². The van der Waals surface area contributed by atoms with Gasteiger partial charge < -0.3 is 14.0 Å². The summed E-state index contributed by atoms with van der Waals surface area (Å²) in [5.74, 6) is 0.846. The minimum absolute atomic E-state index is 0.0105. The van der Waals surface area contributed by atoms with E-state index in [1.807, 2.05) is 4.57 Å². The van der Waals surface area contributed by atoms with Crippen molar-refractivity contribution in [2.75, 3.05) is 20.3 Å². The quantitative estimate of drug-likeness (QED) is 0.689. The van der Waals surface area contributed by atoms with E-state index < -0.39 is 0 Å². The SMILES string of the molecule is COCCOCc1nncn1C(C)(C)C. The molecule has 15 heavy (non-hydrogen) atoms. The van der Waals surface area contributed by atoms with E-state index in [0.717, 1.165) is 5.82 Å². The third kappa shape index (κ3) is 3.60. The van der Waals surface area contributed by atoms with Crippen molar-refractivity contribution in [3.63, 3.8) is 0 Å². The molecule has 5 heteroatoms. The van der Waals surface area contributed by atoms with Crippen molar-refractivity contribution in [2.24, 2.45) is 0 Å². The maximum absolute atomic E-state index is 5.41. The smallest absolute Gasteiger partial charge is 0.159 e. The lowest BCUT2D eigenvalue weighted by molar-refractivity contribution is 0.0557. The molecule has 0 N–H and O–H groups in total. The van der Waals surface area contributed by atoms with Gasteiger partial charge in [-0.3, -0.25) is 0 Å². The van der Waals surface area contributed by atoms with Gasteiger partial charge >= 0.3 is 0 Å². The Morgan fingerprint density at radius 2 is 2.07 bits per heavy atom. The van der Waals surface area contributed by atoms with Crippen LogP contribution in [0.3, 0.4) is 0 Å². The fraction of sp³-hybridized carbons (Fsp3) is 0.800. The van der Waals surface area contributed by atoms with Gasteiger partial charge in [0.15, 0.2) is 5.82 Å². The summed E-state index contributed by atoms with van der Waals surface area (Å²) < 4.78 is 12.3. The Balaban J connectivity index is 2.51. The highest BCUT2D eigenvalue weighted by Crippen LogP contribution is 2.15. The van der Waals surface area contributed by atoms with Crippen molar-refractivity contribution >= 4 is 0 Å². The Morgan fingerprint density at radius 3 is 2.67 bits per heavy atom. The molecule has 0 saturated carbocycles. The van der Waals surface area contributed by atoms with Gasteiger partial charge in [0.25, 0.3) is 0 Å². The Morgan fingerprint density at radius 1 is 1.33 bits per heavy atom. The second kappa shape index (κ2) is 5.23. The minimum atomic E-state index is -0.0105. The Hall–Kier alpha value is -0.940. The molecule has 1 aromatic heterocycles. The van der Waals surface area contributed by atoms with E-state index in [2.05, 4.69) is 31.0 Å². The Kier molecular flexibility index (Phi) is 4.23. The van der Waals surface area contributed by atoms with Gasteiger partial charge in [-0.1, -0.05) is 0 Å². The van der Waals surface area contributed by atoms with Gasteiger partial charge in [0, 0.05) is 12.6 Å². The molecule has 0 atom stereocenters. The second-order valence-corrected chi connectivity index (χ2v) is 4.33. The maximum atomic E-state index is 5.41. The predicted octanol–water partition coefficient (Wildman–Crippen LogP) is 1.20. The lowest BCUT2D eigenvalue weighted by Gasteiger charge is -2.22. The molecule has 1 aromatic rings. The average Bonchev–Trinajstić information content (AvgIpc) is 2.59. The van der Waals surface area contributed by atoms with Crippen LogP contribution in [0.5, 0.6) is 0 Å². The summed E-state index contributed by atoms with van der Waals surface area (Å²) in [7, 11) is 1.65. The lowest BCUT2D eigenvalue weighted by Crippen LogP contribution is -2.24. The van der Waals surface area contributed by atoms with Gasteiger partial charge in [0.2, 0.25) is 0 Å². The molecule has 5 nitrogen and oxygen atoms in total. The van der Waals surface area contributed by atoms with Crippen molar-refractivity contribution in [3.8, 4) is 0 Å². The van der Waals surface area contributed by atoms with E-state index in [9.17, 15) is 0 Å². The van der Waals surface area contributed by atoms with Crippen molar-refractivity contribution in [3.05, 3.63) is 12.2 Å². The van der Waals surface area contributed by atoms with Crippen LogP contribution < -0.4 is 0 Å². The number of nitrogens with zero attached hydrogens (tertiary/aromatic N) is 3. The minimum Gasteiger partial charge on any atom is -0.382 e. The number of ether oxygens (including phenoxy) is 2. The average molecular weight is 213 g/mol. The zero-order valence-corrected chi connectivity index (χ0v) is 9.86. The highest BCUT2D eigenvalue weighted by molar-refractivity contribution is 4.90. The molecule has 1 heterocycles. The predicted molar refractivity (Wildman–Crippen MR) is 56.6 cm³/mol. The van der Waals surface area contributed by atoms with Crippen LogP contribution in [0.4, 0.5) is 0 Å². The molecule has 1 rings (SSSR count). The summed E-state index contributed by atoms with van der Waals surface area (Å²) in [6.45, 7) is 7.97. The Bertz CT molecular complexity index is 291. The molecule has 0 aliphatic rings. The lowest BCUT2D eigenvalue weighted by atomic mass is 10.1. The molecule has 0 spiro atoms. The number of hydrogen-bond acceptors (Lipinski definition) is 4. The molecule has 0 bridgehead atoms. The van der Waals surface area contributed by atoms with E-state index >= 15 is 0 Å². The van der Waals surface area contributed by atoms with E-state index in [0.29, 0.717) is 19.8 Å². The molecule has 0 aliphatic heterocycles. The van der Waals surface area contributed by atoms with Crippen LogP contribution in [0, 0.1) is 0 Å². The molecule has 0 radical (unpaired) electrons. The summed E-state index contributed by atoms with van der Waals surface area (Å²) in [4.78, 5) is 0. The van der Waals surface area contributed by atoms with Crippen LogP contribution in [-0.4, -0.2) is 35.1 Å². The fourth-order valence-electron chi connectivity index (χ4n) is 1.22. The van der Waals surface area contributed by atoms with Crippen LogP contribution in [0.15, 0.2) is 6.33 Å². The zero-order chi connectivity index (χ0) is 11.3. The summed E-state index contributed by atoms with van der Waals surface area (Å²) >= 11 is 0. The van der Waals surface area contributed by atoms with Gasteiger partial charge in [0.1, 0.15) is 12.9 Å². The molecule has 0 fully saturated rings. The normalized spacial score (nSPS) is 12.0. The number of rotatable bonds is 5. The topological polar surface area (TPSA) is 49.2 Å². The first-order valence-corrected chi connectivity index (χ1v) is 5.02. The first-order valence-electron chi connectivity index (χ1n) is 5.02. The van der Waals surface area contributed by atoms with Crippen molar-refractivity contribution in [2.45, 2.75) is 32.9 Å². The molecular weight excluding hydrogens is 194 g/mol. The maximum Gasteiger partial charge on any atom is 0.159 e. The summed E-state index contributed by atoms with van der Waals surface area (Å²) in [6, 6.07) is 0. The zero-order valence-electron chi connectivity index (χ0n) is 9.86. The molecule has 0 aliphatic carbocycles. The second-order valence-electron chi connectivity index (χ2n) is 4.33. The number of methoxy groups -OCH3 is 1. The van der Waals surface area contributed by atoms with E-state index in [4.69, 9.17) is 9.47 Å². The number of hydrogen-bond donors (Lipinski definition) is 0. The van der Waals surface area contributed by atoms with Crippen molar-refractivity contribution in [1.29, 1.82) is 0 Å². The van der Waals surface area contributed by atoms with Crippen LogP contribution in [0.1, 0.15) is 26.6 Å². The van der Waals surface area contributed by atoms with Gasteiger partial charge in [-0.25, -0.2) is 0 Å². The van der Waals surface area contributed by atoms with Crippen LogP contribution in [0.25, 0.3) is 0 Å². The molecule has 0 aromatic carbocycles. The van der Waals surface area contributed by atoms with Gasteiger partial charge in [-0.05, 0) is 20.8 Å². The monoisotopic (exact) mass is 213 g/mol. The van der Waals surface area contributed by atoms with Crippen molar-refractivity contribution < 1.29 is 9.47 Å². The highest BCUT2D eigenvalue weighted by Gasteiger charge is 2.17. The van der Waals surface area contributed by atoms with Gasteiger partial charge in [-0.2, -0.15) is 0 Å². The highest BCUT2D eigenvalue weighted by atomic mass is 16.5. The standard InChI is InChI=1S/C10H19N3O2/c1-10(2,3)13-8-11-12-9(13)7-15-6-5-14-4/h8H,5-7H2,1-4H3. The largest absolute Gasteiger partial charge is 0.382 e. The molecular formula is C10H19N3O2. The third-order valence-electron chi connectivity index (χ3n) is 2.00. The van der Waals surface area contributed by atoms with Crippen molar-refractivity contribution in [1.82, 2.24) is 14.8 Å². The summed E-state index contributed by atoms with van der Waals surface area (Å²) in [5.41, 5.74) is -0.0105. The summed E-state index contributed by atoms with van der Waals surface area (Å²) in [6.07, 6.45) is 1.73. The van der Waals surface area contributed by atoms with Gasteiger partial charge in [-0.15, -0.1) is 10.2 Å². The molecule has 0 amide bonds. The van der Waals surface area contributed by atoms with Crippen LogP contribution >= 0.6 is 0 Å². The molecule has 0 unspecified atom stereocenters. The first-order chi connectivity index (χ1) is 7.05. The molecule has 0 saturated heterocycles. The van der Waals surface area contributed by atoms with E-state index in [1.54, 1.807) is 13.4 Å². The van der Waals surface area contributed by atoms with Crippen LogP contribution in [-0.2, 0) is 21.6 Å². The summed E-state index contributed by atoms with van der Waals surface area (Å²) in [5, 5.41) is 7.92. The van der Waals surface area contributed by atoms with Gasteiger partial charge in [0.05, 0.1) is 13.2 Å². The number of aromatic nitrogens is 3.